The van der Waals surface area contributed by atoms with Crippen LogP contribution in [0.2, 0.25) is 0 Å². The molecule has 0 heterocycles. The van der Waals surface area contributed by atoms with E-state index in [1.54, 1.807) is 13.0 Å². The Kier molecular flexibility index (Phi) is 7.04. The maximum absolute atomic E-state index is 13.2. The Bertz CT molecular complexity index is 1150. The average molecular weight is 443 g/mol. The number of carbonyl (C=O) groups is 1. The molecule has 0 spiro atoms. The zero-order valence-electron chi connectivity index (χ0n) is 17.1. The van der Waals surface area contributed by atoms with Gasteiger partial charge < -0.3 is 10.1 Å². The fourth-order valence-electron chi connectivity index (χ4n) is 3.07. The summed E-state index contributed by atoms with van der Waals surface area (Å²) in [5.41, 5.74) is 1.81. The lowest BCUT2D eigenvalue weighted by molar-refractivity contribution is -0.117. The fraction of sp³-hybridized carbons (Fsp3) is 0.174. The highest BCUT2D eigenvalue weighted by atomic mass is 32.2. The number of halogens is 1. The lowest BCUT2D eigenvalue weighted by Gasteiger charge is -2.19. The van der Waals surface area contributed by atoms with E-state index in [0.717, 1.165) is 5.56 Å². The predicted octanol–water partition coefficient (Wildman–Crippen LogP) is 3.67. The first-order valence-electron chi connectivity index (χ1n) is 9.56. The molecular formula is C23H23FN2O4S. The van der Waals surface area contributed by atoms with Crippen LogP contribution in [0.3, 0.4) is 0 Å². The largest absolute Gasteiger partial charge is 0.496 e. The van der Waals surface area contributed by atoms with Crippen LogP contribution in [-0.2, 0) is 21.2 Å². The Labute approximate surface area is 181 Å². The minimum atomic E-state index is -4.00. The highest BCUT2D eigenvalue weighted by Crippen LogP contribution is 2.22. The van der Waals surface area contributed by atoms with Crippen LogP contribution in [0, 0.1) is 12.7 Å². The van der Waals surface area contributed by atoms with Gasteiger partial charge in [0.1, 0.15) is 17.6 Å². The Hall–Kier alpha value is -3.23. The summed E-state index contributed by atoms with van der Waals surface area (Å²) < 4.78 is 46.8. The van der Waals surface area contributed by atoms with Gasteiger partial charge in [-0.25, -0.2) is 12.8 Å². The quantitative estimate of drug-likeness (QED) is 0.558. The second-order valence-electron chi connectivity index (χ2n) is 6.99. The molecule has 3 aromatic rings. The molecule has 0 radical (unpaired) electrons. The SMILES string of the molecule is COc1ccc(S(=O)(=O)N[C@@H](Cc2ccccc2)C(=O)Nc2ccc(F)cc2)cc1C. The third kappa shape index (κ3) is 5.90. The highest BCUT2D eigenvalue weighted by molar-refractivity contribution is 7.89. The van der Waals surface area contributed by atoms with E-state index in [1.807, 2.05) is 30.3 Å². The lowest BCUT2D eigenvalue weighted by atomic mass is 10.1. The van der Waals surface area contributed by atoms with Crippen molar-refractivity contribution in [3.05, 3.63) is 89.7 Å². The third-order valence-corrected chi connectivity index (χ3v) is 6.15. The smallest absolute Gasteiger partial charge is 0.242 e. The monoisotopic (exact) mass is 442 g/mol. The van der Waals surface area contributed by atoms with E-state index in [-0.39, 0.29) is 11.3 Å². The van der Waals surface area contributed by atoms with Crippen LogP contribution in [0.25, 0.3) is 0 Å². The molecule has 2 N–H and O–H groups in total. The number of nitrogens with one attached hydrogen (secondary N) is 2. The van der Waals surface area contributed by atoms with Crippen LogP contribution in [0.1, 0.15) is 11.1 Å². The van der Waals surface area contributed by atoms with Crippen molar-refractivity contribution in [3.8, 4) is 5.75 Å². The summed E-state index contributed by atoms with van der Waals surface area (Å²) in [6, 6.07) is 17.7. The first kappa shape index (κ1) is 22.5. The van der Waals surface area contributed by atoms with Gasteiger partial charge in [0.05, 0.1) is 12.0 Å². The van der Waals surface area contributed by atoms with E-state index in [2.05, 4.69) is 10.0 Å². The number of carbonyl (C=O) groups excluding carboxylic acids is 1. The molecule has 1 atom stereocenters. The molecule has 0 saturated carbocycles. The van der Waals surface area contributed by atoms with Crippen molar-refractivity contribution in [1.29, 1.82) is 0 Å². The van der Waals surface area contributed by atoms with Crippen LogP contribution in [0.5, 0.6) is 5.75 Å². The van der Waals surface area contributed by atoms with Crippen molar-refractivity contribution in [2.45, 2.75) is 24.3 Å². The normalized spacial score (nSPS) is 12.2. The molecule has 162 valence electrons. The topological polar surface area (TPSA) is 84.5 Å². The molecule has 8 heteroatoms. The van der Waals surface area contributed by atoms with Gasteiger partial charge >= 0.3 is 0 Å². The molecule has 6 nitrogen and oxygen atoms in total. The van der Waals surface area contributed by atoms with Crippen LogP contribution >= 0.6 is 0 Å². The van der Waals surface area contributed by atoms with E-state index in [4.69, 9.17) is 4.74 Å². The zero-order chi connectivity index (χ0) is 22.4. The molecule has 0 aliphatic rings. The van der Waals surface area contributed by atoms with Crippen LogP contribution in [0.15, 0.2) is 77.7 Å². The Morgan fingerprint density at radius 3 is 2.32 bits per heavy atom. The van der Waals surface area contributed by atoms with Crippen molar-refractivity contribution in [2.24, 2.45) is 0 Å². The molecule has 31 heavy (non-hydrogen) atoms. The van der Waals surface area contributed by atoms with E-state index < -0.39 is 27.8 Å². The van der Waals surface area contributed by atoms with Gasteiger partial charge in [-0.05, 0) is 66.9 Å². The number of amides is 1. The van der Waals surface area contributed by atoms with Crippen LogP contribution in [-0.4, -0.2) is 27.5 Å². The molecule has 3 aromatic carbocycles. The van der Waals surface area contributed by atoms with E-state index >= 15 is 0 Å². The number of sulfonamides is 1. The fourth-order valence-corrected chi connectivity index (χ4v) is 4.35. The van der Waals surface area contributed by atoms with E-state index in [9.17, 15) is 17.6 Å². The van der Waals surface area contributed by atoms with Gasteiger partial charge in [0, 0.05) is 5.69 Å². The molecule has 0 bridgehead atoms. The van der Waals surface area contributed by atoms with Gasteiger partial charge in [-0.15, -0.1) is 0 Å². The lowest BCUT2D eigenvalue weighted by Crippen LogP contribution is -2.45. The molecule has 3 rings (SSSR count). The number of hydrogen-bond acceptors (Lipinski definition) is 4. The summed E-state index contributed by atoms with van der Waals surface area (Å²) in [6.07, 6.45) is 0.141. The highest BCUT2D eigenvalue weighted by Gasteiger charge is 2.26. The second-order valence-corrected chi connectivity index (χ2v) is 8.71. The summed E-state index contributed by atoms with van der Waals surface area (Å²) in [6.45, 7) is 1.74. The average Bonchev–Trinajstić information content (AvgIpc) is 2.75. The van der Waals surface area contributed by atoms with Crippen molar-refractivity contribution in [3.63, 3.8) is 0 Å². The Morgan fingerprint density at radius 2 is 1.71 bits per heavy atom. The number of ether oxygens (including phenoxy) is 1. The van der Waals surface area contributed by atoms with Gasteiger partial charge in [0.15, 0.2) is 0 Å². The van der Waals surface area contributed by atoms with Gasteiger partial charge in [0.25, 0.3) is 0 Å². The number of anilines is 1. The summed E-state index contributed by atoms with van der Waals surface area (Å²) in [5, 5.41) is 2.64. The van der Waals surface area contributed by atoms with Gasteiger partial charge in [-0.2, -0.15) is 4.72 Å². The molecule has 0 unspecified atom stereocenters. The maximum atomic E-state index is 13.2. The maximum Gasteiger partial charge on any atom is 0.242 e. The van der Waals surface area contributed by atoms with Crippen LogP contribution in [0.4, 0.5) is 10.1 Å². The number of methoxy groups -OCH3 is 1. The minimum Gasteiger partial charge on any atom is -0.496 e. The molecular weight excluding hydrogens is 419 g/mol. The van der Waals surface area contributed by atoms with Crippen molar-refractivity contribution >= 4 is 21.6 Å². The number of rotatable bonds is 8. The third-order valence-electron chi connectivity index (χ3n) is 4.68. The first-order chi connectivity index (χ1) is 14.8. The summed E-state index contributed by atoms with van der Waals surface area (Å²) >= 11 is 0. The molecule has 0 aliphatic carbocycles. The number of benzene rings is 3. The van der Waals surface area contributed by atoms with Gasteiger partial charge in [0.2, 0.25) is 15.9 Å². The Balaban J connectivity index is 1.87. The molecule has 1 amide bonds. The summed E-state index contributed by atoms with van der Waals surface area (Å²) in [7, 11) is -2.49. The van der Waals surface area contributed by atoms with E-state index in [0.29, 0.717) is 17.0 Å². The predicted molar refractivity (Wildman–Crippen MR) is 117 cm³/mol. The standard InChI is InChI=1S/C23H23FN2O4S/c1-16-14-20(12-13-22(16)30-2)31(28,29)26-21(15-17-6-4-3-5-7-17)23(27)25-19-10-8-18(24)9-11-19/h3-14,21,26H,15H2,1-2H3,(H,25,27)/t21-/m0/s1. The number of aryl methyl sites for hydroxylation is 1. The van der Waals surface area contributed by atoms with Crippen molar-refractivity contribution in [1.82, 2.24) is 4.72 Å². The van der Waals surface area contributed by atoms with Gasteiger partial charge in [-0.3, -0.25) is 4.79 Å². The molecule has 0 fully saturated rings. The van der Waals surface area contributed by atoms with Crippen LogP contribution < -0.4 is 14.8 Å². The Morgan fingerprint density at radius 1 is 1.03 bits per heavy atom. The second kappa shape index (κ2) is 9.72. The summed E-state index contributed by atoms with van der Waals surface area (Å²) in [5.74, 6) is -0.424. The first-order valence-corrected chi connectivity index (χ1v) is 11.0. The zero-order valence-corrected chi connectivity index (χ0v) is 17.9. The summed E-state index contributed by atoms with van der Waals surface area (Å²) in [4.78, 5) is 13.0. The minimum absolute atomic E-state index is 0.0263. The van der Waals surface area contributed by atoms with Crippen molar-refractivity contribution in [2.75, 3.05) is 12.4 Å². The molecule has 0 aliphatic heterocycles. The van der Waals surface area contributed by atoms with E-state index in [1.165, 1.54) is 43.5 Å². The van der Waals surface area contributed by atoms with Gasteiger partial charge in [-0.1, -0.05) is 30.3 Å². The number of hydrogen-bond donors (Lipinski definition) is 2. The van der Waals surface area contributed by atoms with Crippen molar-refractivity contribution < 1.29 is 22.3 Å². The molecule has 0 saturated heterocycles. The molecule has 0 aromatic heterocycles.